The van der Waals surface area contributed by atoms with Gasteiger partial charge in [0.2, 0.25) is 0 Å². The number of nitrogens with one attached hydrogen (secondary N) is 2. The summed E-state index contributed by atoms with van der Waals surface area (Å²) < 4.78 is 0. The summed E-state index contributed by atoms with van der Waals surface area (Å²) in [7, 11) is 1.95. The van der Waals surface area contributed by atoms with Gasteiger partial charge < -0.3 is 15.5 Å². The van der Waals surface area contributed by atoms with Crippen molar-refractivity contribution in [2.24, 2.45) is 0 Å². The fraction of sp³-hybridized carbons (Fsp3) is 0.600. The van der Waals surface area contributed by atoms with Crippen LogP contribution in [-0.4, -0.2) is 48.0 Å². The SMILES string of the molecule is CN[C@H]1CCCN(C(=O)c2cccnc2NC(C)C)C1. The highest BCUT2D eigenvalue weighted by Crippen LogP contribution is 2.18. The Bertz CT molecular complexity index is 461. The Hall–Kier alpha value is -1.62. The van der Waals surface area contributed by atoms with Crippen LogP contribution >= 0.6 is 0 Å². The lowest BCUT2D eigenvalue weighted by Gasteiger charge is -2.33. The van der Waals surface area contributed by atoms with E-state index in [0.717, 1.165) is 25.9 Å². The van der Waals surface area contributed by atoms with Gasteiger partial charge >= 0.3 is 0 Å². The molecular weight excluding hydrogens is 252 g/mol. The van der Waals surface area contributed by atoms with E-state index in [-0.39, 0.29) is 11.9 Å². The number of rotatable bonds is 4. The van der Waals surface area contributed by atoms with Crippen molar-refractivity contribution in [3.8, 4) is 0 Å². The predicted molar refractivity (Wildman–Crippen MR) is 81.0 cm³/mol. The van der Waals surface area contributed by atoms with Gasteiger partial charge in [-0.2, -0.15) is 0 Å². The van der Waals surface area contributed by atoms with Crippen LogP contribution in [0.1, 0.15) is 37.0 Å². The number of hydrogen-bond acceptors (Lipinski definition) is 4. The summed E-state index contributed by atoms with van der Waals surface area (Å²) in [5, 5.41) is 6.51. The molecule has 110 valence electrons. The van der Waals surface area contributed by atoms with Crippen LogP contribution in [0, 0.1) is 0 Å². The van der Waals surface area contributed by atoms with Crippen LogP contribution in [0.4, 0.5) is 5.82 Å². The number of aromatic nitrogens is 1. The van der Waals surface area contributed by atoms with E-state index in [1.54, 1.807) is 6.20 Å². The molecule has 0 bridgehead atoms. The van der Waals surface area contributed by atoms with E-state index in [1.165, 1.54) is 0 Å². The molecule has 5 nitrogen and oxygen atoms in total. The summed E-state index contributed by atoms with van der Waals surface area (Å²) in [6.07, 6.45) is 3.89. The van der Waals surface area contributed by atoms with Gasteiger partial charge in [-0.15, -0.1) is 0 Å². The highest BCUT2D eigenvalue weighted by Gasteiger charge is 2.25. The van der Waals surface area contributed by atoms with E-state index in [1.807, 2.05) is 37.9 Å². The van der Waals surface area contributed by atoms with Crippen molar-refractivity contribution in [3.05, 3.63) is 23.9 Å². The summed E-state index contributed by atoms with van der Waals surface area (Å²) in [5.74, 6) is 0.750. The third-order valence-electron chi connectivity index (χ3n) is 3.58. The number of amides is 1. The van der Waals surface area contributed by atoms with Crippen molar-refractivity contribution in [1.29, 1.82) is 0 Å². The van der Waals surface area contributed by atoms with Gasteiger partial charge in [0.15, 0.2) is 0 Å². The number of carbonyl (C=O) groups excluding carboxylic acids is 1. The molecule has 0 aromatic carbocycles. The lowest BCUT2D eigenvalue weighted by molar-refractivity contribution is 0.0699. The minimum Gasteiger partial charge on any atom is -0.367 e. The summed E-state index contributed by atoms with van der Waals surface area (Å²) in [6.45, 7) is 5.68. The molecule has 0 radical (unpaired) electrons. The lowest BCUT2D eigenvalue weighted by Crippen LogP contribution is -2.47. The first-order valence-corrected chi connectivity index (χ1v) is 7.30. The molecule has 1 aliphatic rings. The first-order chi connectivity index (χ1) is 9.61. The number of pyridine rings is 1. The van der Waals surface area contributed by atoms with Crippen LogP contribution in [0.3, 0.4) is 0 Å². The highest BCUT2D eigenvalue weighted by atomic mass is 16.2. The zero-order valence-corrected chi connectivity index (χ0v) is 12.5. The molecule has 1 fully saturated rings. The van der Waals surface area contributed by atoms with Crippen LogP contribution in [-0.2, 0) is 0 Å². The summed E-state index contributed by atoms with van der Waals surface area (Å²) >= 11 is 0. The first kappa shape index (κ1) is 14.8. The fourth-order valence-electron chi connectivity index (χ4n) is 2.53. The van der Waals surface area contributed by atoms with Crippen molar-refractivity contribution >= 4 is 11.7 Å². The maximum absolute atomic E-state index is 12.7. The molecule has 0 unspecified atom stereocenters. The molecule has 2 heterocycles. The number of carbonyl (C=O) groups is 1. The molecule has 20 heavy (non-hydrogen) atoms. The normalized spacial score (nSPS) is 19.2. The molecule has 1 aromatic heterocycles. The molecule has 1 atom stereocenters. The third kappa shape index (κ3) is 3.48. The van der Waals surface area contributed by atoms with Gasteiger partial charge in [0.25, 0.3) is 5.91 Å². The maximum atomic E-state index is 12.7. The summed E-state index contributed by atoms with van der Waals surface area (Å²) in [6, 6.07) is 4.31. The fourth-order valence-corrected chi connectivity index (χ4v) is 2.53. The number of hydrogen-bond donors (Lipinski definition) is 2. The van der Waals surface area contributed by atoms with Crippen molar-refractivity contribution in [2.75, 3.05) is 25.5 Å². The molecule has 1 aliphatic heterocycles. The molecule has 5 heteroatoms. The second-order valence-corrected chi connectivity index (χ2v) is 5.58. The Kier molecular flexibility index (Phi) is 4.95. The smallest absolute Gasteiger partial charge is 0.257 e. The standard InChI is InChI=1S/C15H24N4O/c1-11(2)18-14-13(7-4-8-17-14)15(20)19-9-5-6-12(10-19)16-3/h4,7-8,11-12,16H,5-6,9-10H2,1-3H3,(H,17,18)/t12-/m0/s1. The molecule has 0 saturated carbocycles. The topological polar surface area (TPSA) is 57.3 Å². The Morgan fingerprint density at radius 1 is 1.50 bits per heavy atom. The monoisotopic (exact) mass is 276 g/mol. The molecular formula is C15H24N4O. The molecule has 2 rings (SSSR count). The van der Waals surface area contributed by atoms with Crippen LogP contribution in [0.25, 0.3) is 0 Å². The average molecular weight is 276 g/mol. The van der Waals surface area contributed by atoms with Crippen molar-refractivity contribution < 1.29 is 4.79 Å². The number of piperidine rings is 1. The van der Waals surface area contributed by atoms with Gasteiger partial charge in [-0.25, -0.2) is 4.98 Å². The van der Waals surface area contributed by atoms with Gasteiger partial charge in [0.05, 0.1) is 5.56 Å². The Morgan fingerprint density at radius 2 is 2.30 bits per heavy atom. The molecule has 0 aliphatic carbocycles. The number of likely N-dealkylation sites (N-methyl/N-ethyl adjacent to an activating group) is 1. The van der Waals surface area contributed by atoms with Crippen molar-refractivity contribution in [1.82, 2.24) is 15.2 Å². The van der Waals surface area contributed by atoms with Gasteiger partial charge in [-0.3, -0.25) is 4.79 Å². The predicted octanol–water partition coefficient (Wildman–Crippen LogP) is 1.73. The van der Waals surface area contributed by atoms with Crippen molar-refractivity contribution in [2.45, 2.75) is 38.8 Å². The maximum Gasteiger partial charge on any atom is 0.257 e. The summed E-state index contributed by atoms with van der Waals surface area (Å²) in [5.41, 5.74) is 0.665. The number of anilines is 1. The zero-order valence-electron chi connectivity index (χ0n) is 12.5. The quantitative estimate of drug-likeness (QED) is 0.879. The van der Waals surface area contributed by atoms with E-state index in [0.29, 0.717) is 17.4 Å². The number of nitrogens with zero attached hydrogens (tertiary/aromatic N) is 2. The molecule has 1 amide bonds. The largest absolute Gasteiger partial charge is 0.367 e. The van der Waals surface area contributed by atoms with Crippen LogP contribution < -0.4 is 10.6 Å². The van der Waals surface area contributed by atoms with Gasteiger partial charge in [0, 0.05) is 31.4 Å². The second kappa shape index (κ2) is 6.70. The molecule has 2 N–H and O–H groups in total. The summed E-state index contributed by atoms with van der Waals surface area (Å²) in [4.78, 5) is 18.9. The lowest BCUT2D eigenvalue weighted by atomic mass is 10.0. The zero-order chi connectivity index (χ0) is 14.5. The van der Waals surface area contributed by atoms with Gasteiger partial charge in [0.1, 0.15) is 5.82 Å². The molecule has 0 spiro atoms. The van der Waals surface area contributed by atoms with E-state index >= 15 is 0 Å². The van der Waals surface area contributed by atoms with E-state index in [4.69, 9.17) is 0 Å². The van der Waals surface area contributed by atoms with Gasteiger partial charge in [-0.1, -0.05) is 0 Å². The molecule has 1 saturated heterocycles. The second-order valence-electron chi connectivity index (χ2n) is 5.58. The highest BCUT2D eigenvalue weighted by molar-refractivity contribution is 5.98. The third-order valence-corrected chi connectivity index (χ3v) is 3.58. The van der Waals surface area contributed by atoms with Crippen LogP contribution in [0.2, 0.25) is 0 Å². The molecule has 1 aromatic rings. The van der Waals surface area contributed by atoms with Crippen LogP contribution in [0.15, 0.2) is 18.3 Å². The minimum atomic E-state index is 0.0706. The van der Waals surface area contributed by atoms with E-state index in [2.05, 4.69) is 15.6 Å². The Balaban J connectivity index is 2.16. The Labute approximate surface area is 120 Å². The van der Waals surface area contributed by atoms with Crippen molar-refractivity contribution in [3.63, 3.8) is 0 Å². The minimum absolute atomic E-state index is 0.0706. The first-order valence-electron chi connectivity index (χ1n) is 7.30. The Morgan fingerprint density at radius 3 is 3.00 bits per heavy atom. The average Bonchev–Trinajstić information content (AvgIpc) is 2.46. The van der Waals surface area contributed by atoms with Gasteiger partial charge in [-0.05, 0) is 45.9 Å². The number of likely N-dealkylation sites (tertiary alicyclic amines) is 1. The van der Waals surface area contributed by atoms with E-state index in [9.17, 15) is 4.79 Å². The van der Waals surface area contributed by atoms with Crippen LogP contribution in [0.5, 0.6) is 0 Å². The van der Waals surface area contributed by atoms with E-state index < -0.39 is 0 Å².